The van der Waals surface area contributed by atoms with Crippen molar-refractivity contribution in [3.63, 3.8) is 0 Å². The van der Waals surface area contributed by atoms with Crippen molar-refractivity contribution < 1.29 is 4.74 Å². The molecule has 1 saturated carbocycles. The zero-order valence-corrected chi connectivity index (χ0v) is 11.5. The second-order valence-electron chi connectivity index (χ2n) is 5.52. The third kappa shape index (κ3) is 2.31. The van der Waals surface area contributed by atoms with Crippen molar-refractivity contribution >= 4 is 17.3 Å². The summed E-state index contributed by atoms with van der Waals surface area (Å²) < 4.78 is 6.10. The Bertz CT molecular complexity index is 435. The van der Waals surface area contributed by atoms with Gasteiger partial charge in [0.05, 0.1) is 11.7 Å². The smallest absolute Gasteiger partial charge is 0.143 e. The van der Waals surface area contributed by atoms with Crippen LogP contribution in [0.5, 0.6) is 5.75 Å². The molecule has 0 spiro atoms. The first-order valence-electron chi connectivity index (χ1n) is 6.99. The number of rotatable bonds is 2. The highest BCUT2D eigenvalue weighted by atomic mass is 35.5. The summed E-state index contributed by atoms with van der Waals surface area (Å²) >= 11 is 6.03. The van der Waals surface area contributed by atoms with Crippen LogP contribution in [0, 0.1) is 5.92 Å². The van der Waals surface area contributed by atoms with Gasteiger partial charge in [-0.25, -0.2) is 0 Å². The minimum absolute atomic E-state index is 0.340. The molecule has 1 aromatic carbocycles. The van der Waals surface area contributed by atoms with Gasteiger partial charge in [0.15, 0.2) is 0 Å². The number of hydrogen-bond donors (Lipinski definition) is 1. The maximum atomic E-state index is 6.10. The molecule has 3 atom stereocenters. The molecule has 1 N–H and O–H groups in total. The Kier molecular flexibility index (Phi) is 3.38. The molecule has 1 aromatic rings. The van der Waals surface area contributed by atoms with E-state index in [9.17, 15) is 0 Å². The van der Waals surface area contributed by atoms with Gasteiger partial charge in [-0.2, -0.15) is 0 Å². The van der Waals surface area contributed by atoms with Crippen molar-refractivity contribution in [3.8, 4) is 5.75 Å². The van der Waals surface area contributed by atoms with Gasteiger partial charge >= 0.3 is 0 Å². The summed E-state index contributed by atoms with van der Waals surface area (Å²) in [4.78, 5) is 0. The lowest BCUT2D eigenvalue weighted by Crippen LogP contribution is -2.45. The van der Waals surface area contributed by atoms with Crippen LogP contribution in [0.2, 0.25) is 5.02 Å². The lowest BCUT2D eigenvalue weighted by molar-refractivity contribution is 0.105. The molecule has 0 bridgehead atoms. The Morgan fingerprint density at radius 1 is 1.39 bits per heavy atom. The van der Waals surface area contributed by atoms with Crippen LogP contribution in [0.1, 0.15) is 39.0 Å². The fourth-order valence-corrected chi connectivity index (χ4v) is 3.45. The summed E-state index contributed by atoms with van der Waals surface area (Å²) in [6.07, 6.45) is 6.67. The van der Waals surface area contributed by atoms with Crippen LogP contribution in [0.3, 0.4) is 0 Å². The second kappa shape index (κ2) is 5.00. The fourth-order valence-electron chi connectivity index (χ4n) is 3.27. The molecular weight excluding hydrogens is 246 g/mol. The van der Waals surface area contributed by atoms with Crippen LogP contribution in [-0.4, -0.2) is 12.1 Å². The summed E-state index contributed by atoms with van der Waals surface area (Å²) in [5.74, 6) is 1.81. The Morgan fingerprint density at radius 2 is 2.28 bits per heavy atom. The van der Waals surface area contributed by atoms with Gasteiger partial charge in [0.25, 0.3) is 0 Å². The molecule has 1 heterocycles. The predicted octanol–water partition coefficient (Wildman–Crippen LogP) is 4.48. The molecule has 0 aromatic heterocycles. The van der Waals surface area contributed by atoms with Crippen molar-refractivity contribution in [2.45, 2.75) is 51.2 Å². The van der Waals surface area contributed by atoms with Crippen molar-refractivity contribution in [1.82, 2.24) is 0 Å². The monoisotopic (exact) mass is 265 g/mol. The van der Waals surface area contributed by atoms with E-state index in [2.05, 4.69) is 12.2 Å². The van der Waals surface area contributed by atoms with Crippen molar-refractivity contribution in [3.05, 3.63) is 23.2 Å². The molecule has 1 fully saturated rings. The van der Waals surface area contributed by atoms with Gasteiger partial charge in [-0.1, -0.05) is 31.4 Å². The Labute approximate surface area is 114 Å². The van der Waals surface area contributed by atoms with Gasteiger partial charge < -0.3 is 10.1 Å². The van der Waals surface area contributed by atoms with E-state index in [4.69, 9.17) is 16.3 Å². The number of benzene rings is 1. The first kappa shape index (κ1) is 12.2. The van der Waals surface area contributed by atoms with Crippen LogP contribution >= 0.6 is 11.6 Å². The average Bonchev–Trinajstić information content (AvgIpc) is 2.36. The number of nitrogens with one attached hydrogen (secondary N) is 1. The molecule has 2 nitrogen and oxygen atoms in total. The summed E-state index contributed by atoms with van der Waals surface area (Å²) in [5.41, 5.74) is 1.06. The summed E-state index contributed by atoms with van der Waals surface area (Å²) in [7, 11) is 0. The zero-order chi connectivity index (χ0) is 12.5. The quantitative estimate of drug-likeness (QED) is 0.851. The molecule has 0 amide bonds. The fraction of sp³-hybridized carbons (Fsp3) is 0.600. The van der Waals surface area contributed by atoms with Crippen LogP contribution in [0.25, 0.3) is 0 Å². The van der Waals surface area contributed by atoms with E-state index < -0.39 is 0 Å². The van der Waals surface area contributed by atoms with E-state index in [1.807, 2.05) is 18.2 Å². The molecular formula is C15H20ClNO. The molecule has 1 aliphatic carbocycles. The van der Waals surface area contributed by atoms with E-state index in [1.165, 1.54) is 32.1 Å². The van der Waals surface area contributed by atoms with Crippen LogP contribution < -0.4 is 10.1 Å². The third-order valence-electron chi connectivity index (χ3n) is 4.15. The molecule has 0 saturated heterocycles. The number of anilines is 1. The number of ether oxygens (including phenoxy) is 1. The van der Waals surface area contributed by atoms with Gasteiger partial charge in [0.2, 0.25) is 0 Å². The highest BCUT2D eigenvalue weighted by molar-refractivity contribution is 6.30. The predicted molar refractivity (Wildman–Crippen MR) is 75.5 cm³/mol. The van der Waals surface area contributed by atoms with Gasteiger partial charge in [-0.05, 0) is 43.4 Å². The normalized spacial score (nSPS) is 29.8. The minimum atomic E-state index is 0.340. The standard InChI is InChI=1S/C15H20ClNO/c1-2-3-10-4-6-14-12(8-10)17-13-9-11(16)5-7-15(13)18-14/h5,7,9-10,12,14,17H,2-4,6,8H2,1H3. The maximum absolute atomic E-state index is 6.10. The van der Waals surface area contributed by atoms with Crippen molar-refractivity contribution in [1.29, 1.82) is 0 Å². The summed E-state index contributed by atoms with van der Waals surface area (Å²) in [6.45, 7) is 2.27. The molecule has 1 aliphatic heterocycles. The number of fused-ring (bicyclic) bond motifs is 2. The SMILES string of the molecule is CCCC1CCC2Oc3ccc(Cl)cc3NC2C1. The van der Waals surface area contributed by atoms with Gasteiger partial charge in [0.1, 0.15) is 11.9 Å². The second-order valence-corrected chi connectivity index (χ2v) is 5.95. The molecule has 98 valence electrons. The molecule has 18 heavy (non-hydrogen) atoms. The Balaban J connectivity index is 1.76. The first-order chi connectivity index (χ1) is 8.76. The van der Waals surface area contributed by atoms with Crippen LogP contribution in [0.4, 0.5) is 5.69 Å². The maximum Gasteiger partial charge on any atom is 0.143 e. The van der Waals surface area contributed by atoms with Gasteiger partial charge in [-0.15, -0.1) is 0 Å². The van der Waals surface area contributed by atoms with E-state index in [0.29, 0.717) is 12.1 Å². The van der Waals surface area contributed by atoms with E-state index in [0.717, 1.165) is 22.4 Å². The van der Waals surface area contributed by atoms with Crippen LogP contribution in [0.15, 0.2) is 18.2 Å². The van der Waals surface area contributed by atoms with Crippen LogP contribution in [-0.2, 0) is 0 Å². The number of halogens is 1. The Hall–Kier alpha value is -0.890. The third-order valence-corrected chi connectivity index (χ3v) is 4.39. The van der Waals surface area contributed by atoms with E-state index >= 15 is 0 Å². The Morgan fingerprint density at radius 3 is 3.11 bits per heavy atom. The lowest BCUT2D eigenvalue weighted by Gasteiger charge is -2.41. The van der Waals surface area contributed by atoms with Gasteiger partial charge in [0, 0.05) is 5.02 Å². The summed E-state index contributed by atoms with van der Waals surface area (Å²) in [5, 5.41) is 4.39. The van der Waals surface area contributed by atoms with E-state index in [1.54, 1.807) is 0 Å². The van der Waals surface area contributed by atoms with Crippen molar-refractivity contribution in [2.24, 2.45) is 5.92 Å². The van der Waals surface area contributed by atoms with Gasteiger partial charge in [-0.3, -0.25) is 0 Å². The molecule has 3 rings (SSSR count). The molecule has 3 heteroatoms. The highest BCUT2D eigenvalue weighted by Crippen LogP contribution is 2.40. The average molecular weight is 266 g/mol. The molecule has 3 unspecified atom stereocenters. The number of hydrogen-bond acceptors (Lipinski definition) is 2. The molecule has 2 aliphatic rings. The van der Waals surface area contributed by atoms with Crippen molar-refractivity contribution in [2.75, 3.05) is 5.32 Å². The highest BCUT2D eigenvalue weighted by Gasteiger charge is 2.35. The largest absolute Gasteiger partial charge is 0.486 e. The molecule has 0 radical (unpaired) electrons. The van der Waals surface area contributed by atoms with E-state index in [-0.39, 0.29) is 0 Å². The minimum Gasteiger partial charge on any atom is -0.486 e. The summed E-state index contributed by atoms with van der Waals surface area (Å²) in [6, 6.07) is 6.29. The first-order valence-corrected chi connectivity index (χ1v) is 7.37. The lowest BCUT2D eigenvalue weighted by atomic mass is 9.80. The topological polar surface area (TPSA) is 21.3 Å². The zero-order valence-electron chi connectivity index (χ0n) is 10.8.